The highest BCUT2D eigenvalue weighted by Gasteiger charge is 2.25. The summed E-state index contributed by atoms with van der Waals surface area (Å²) in [6.07, 6.45) is 1.79. The van der Waals surface area contributed by atoms with Gasteiger partial charge in [0.05, 0.1) is 0 Å². The molecule has 2 aromatic heterocycles. The van der Waals surface area contributed by atoms with E-state index in [0.717, 1.165) is 54.3 Å². The number of piperidine rings is 1. The van der Waals surface area contributed by atoms with Gasteiger partial charge in [0, 0.05) is 30.1 Å². The lowest BCUT2D eigenvalue weighted by Crippen LogP contribution is -2.45. The fraction of sp³-hybridized carbons (Fsp3) is 0.455. The molecule has 1 N–H and O–H groups in total. The van der Waals surface area contributed by atoms with Crippen LogP contribution in [-0.4, -0.2) is 44.8 Å². The Balaban J connectivity index is 1.43. The molecule has 0 spiro atoms. The molecular formula is C22H28N6O. The fourth-order valence-electron chi connectivity index (χ4n) is 3.76. The van der Waals surface area contributed by atoms with Crippen LogP contribution in [0.2, 0.25) is 0 Å². The van der Waals surface area contributed by atoms with Crippen LogP contribution >= 0.6 is 0 Å². The van der Waals surface area contributed by atoms with Gasteiger partial charge in [-0.15, -0.1) is 15.3 Å². The van der Waals surface area contributed by atoms with E-state index >= 15 is 0 Å². The van der Waals surface area contributed by atoms with Crippen molar-refractivity contribution in [1.29, 1.82) is 0 Å². The third kappa shape index (κ3) is 3.95. The van der Waals surface area contributed by atoms with Crippen LogP contribution < -0.4 is 10.2 Å². The molecule has 3 aromatic rings. The highest BCUT2D eigenvalue weighted by atomic mass is 16.1. The molecule has 0 bridgehead atoms. The number of rotatable bonds is 3. The van der Waals surface area contributed by atoms with Crippen LogP contribution in [0.1, 0.15) is 55.4 Å². The summed E-state index contributed by atoms with van der Waals surface area (Å²) in [7, 11) is 0. The molecule has 1 amide bonds. The van der Waals surface area contributed by atoms with E-state index in [9.17, 15) is 4.79 Å². The number of carbonyl (C=O) groups excluding carboxylic acids is 1. The third-order valence-electron chi connectivity index (χ3n) is 5.46. The van der Waals surface area contributed by atoms with E-state index in [1.807, 2.05) is 47.8 Å². The van der Waals surface area contributed by atoms with E-state index in [1.165, 1.54) is 0 Å². The van der Waals surface area contributed by atoms with Crippen molar-refractivity contribution < 1.29 is 4.79 Å². The molecule has 1 fully saturated rings. The Kier molecular flexibility index (Phi) is 4.98. The van der Waals surface area contributed by atoms with Crippen LogP contribution in [0.15, 0.2) is 36.4 Å². The number of benzene rings is 1. The quantitative estimate of drug-likeness (QED) is 0.741. The van der Waals surface area contributed by atoms with Crippen LogP contribution in [0.4, 0.5) is 5.82 Å². The van der Waals surface area contributed by atoms with Crippen molar-refractivity contribution in [3.05, 3.63) is 53.3 Å². The largest absolute Gasteiger partial charge is 0.355 e. The number of nitrogens with zero attached hydrogens (tertiary/aromatic N) is 5. The van der Waals surface area contributed by atoms with Gasteiger partial charge in [-0.25, -0.2) is 0 Å². The van der Waals surface area contributed by atoms with Crippen molar-refractivity contribution in [3.63, 3.8) is 0 Å². The van der Waals surface area contributed by atoms with Crippen LogP contribution in [0, 0.1) is 6.92 Å². The maximum Gasteiger partial charge on any atom is 0.251 e. The van der Waals surface area contributed by atoms with E-state index in [1.54, 1.807) is 0 Å². The lowest BCUT2D eigenvalue weighted by molar-refractivity contribution is 0.0930. The molecule has 0 radical (unpaired) electrons. The molecule has 1 aliphatic heterocycles. The highest BCUT2D eigenvalue weighted by Crippen LogP contribution is 2.23. The van der Waals surface area contributed by atoms with Crippen molar-refractivity contribution >= 4 is 17.4 Å². The summed E-state index contributed by atoms with van der Waals surface area (Å²) in [6, 6.07) is 11.9. The molecule has 29 heavy (non-hydrogen) atoms. The monoisotopic (exact) mass is 392 g/mol. The van der Waals surface area contributed by atoms with Crippen LogP contribution in [0.5, 0.6) is 0 Å². The average Bonchev–Trinajstić information content (AvgIpc) is 3.12. The van der Waals surface area contributed by atoms with Gasteiger partial charge in [-0.3, -0.25) is 4.79 Å². The molecule has 3 heterocycles. The van der Waals surface area contributed by atoms with Gasteiger partial charge in [0.25, 0.3) is 5.91 Å². The van der Waals surface area contributed by atoms with Gasteiger partial charge in [0.2, 0.25) is 0 Å². The number of amides is 1. The van der Waals surface area contributed by atoms with E-state index < -0.39 is 0 Å². The highest BCUT2D eigenvalue weighted by molar-refractivity contribution is 5.95. The van der Waals surface area contributed by atoms with Gasteiger partial charge < -0.3 is 10.2 Å². The Morgan fingerprint density at radius 2 is 1.79 bits per heavy atom. The Morgan fingerprint density at radius 1 is 1.07 bits per heavy atom. The number of hydrogen-bond acceptors (Lipinski definition) is 5. The molecule has 0 atom stereocenters. The molecule has 152 valence electrons. The molecule has 7 nitrogen and oxygen atoms in total. The van der Waals surface area contributed by atoms with Crippen LogP contribution in [0.25, 0.3) is 5.65 Å². The molecular weight excluding hydrogens is 364 g/mol. The number of nitrogens with one attached hydrogen (secondary N) is 1. The second kappa shape index (κ2) is 7.46. The topological polar surface area (TPSA) is 75.4 Å². The van der Waals surface area contributed by atoms with E-state index in [2.05, 4.69) is 41.2 Å². The van der Waals surface area contributed by atoms with E-state index in [4.69, 9.17) is 5.10 Å². The van der Waals surface area contributed by atoms with Crippen LogP contribution in [0.3, 0.4) is 0 Å². The minimum atomic E-state index is -0.127. The van der Waals surface area contributed by atoms with E-state index in [-0.39, 0.29) is 17.4 Å². The van der Waals surface area contributed by atoms with Crippen molar-refractivity contribution in [2.75, 3.05) is 18.0 Å². The number of fused-ring (bicyclic) bond motifs is 1. The summed E-state index contributed by atoms with van der Waals surface area (Å²) in [4.78, 5) is 14.8. The number of carbonyl (C=O) groups is 1. The van der Waals surface area contributed by atoms with Gasteiger partial charge >= 0.3 is 0 Å². The minimum Gasteiger partial charge on any atom is -0.355 e. The zero-order valence-electron chi connectivity index (χ0n) is 17.5. The summed E-state index contributed by atoms with van der Waals surface area (Å²) < 4.78 is 1.85. The van der Waals surface area contributed by atoms with Crippen molar-refractivity contribution in [1.82, 2.24) is 25.1 Å². The van der Waals surface area contributed by atoms with Crippen molar-refractivity contribution in [2.24, 2.45) is 0 Å². The first-order valence-corrected chi connectivity index (χ1v) is 10.2. The van der Waals surface area contributed by atoms with Gasteiger partial charge in [0.15, 0.2) is 11.5 Å². The molecule has 1 aliphatic rings. The molecule has 7 heteroatoms. The molecule has 0 unspecified atom stereocenters. The summed E-state index contributed by atoms with van der Waals surface area (Å²) >= 11 is 0. The van der Waals surface area contributed by atoms with Crippen molar-refractivity contribution in [2.45, 2.75) is 52.0 Å². The first kappa shape index (κ1) is 19.4. The average molecular weight is 393 g/mol. The predicted molar refractivity (Wildman–Crippen MR) is 113 cm³/mol. The Bertz CT molecular complexity index is 1030. The zero-order valence-corrected chi connectivity index (χ0v) is 17.5. The summed E-state index contributed by atoms with van der Waals surface area (Å²) in [6.45, 7) is 10.0. The molecule has 1 aromatic carbocycles. The normalized spacial score (nSPS) is 15.7. The smallest absolute Gasteiger partial charge is 0.251 e. The minimum absolute atomic E-state index is 0.0143. The van der Waals surface area contributed by atoms with Gasteiger partial charge in [0.1, 0.15) is 5.82 Å². The maximum atomic E-state index is 12.6. The second-order valence-electron chi connectivity index (χ2n) is 8.78. The standard InChI is InChI=1S/C22H28N6O/c1-15-7-5-6-8-17(15)20(29)23-16-11-13-27(14-12-16)19-10-9-18-24-25-21(22(2,3)4)28(18)26-19/h5-10,16H,11-14H2,1-4H3,(H,23,29). The summed E-state index contributed by atoms with van der Waals surface area (Å²) in [5.74, 6) is 1.79. The lowest BCUT2D eigenvalue weighted by Gasteiger charge is -2.33. The van der Waals surface area contributed by atoms with E-state index in [0.29, 0.717) is 0 Å². The summed E-state index contributed by atoms with van der Waals surface area (Å²) in [5, 5.41) is 16.5. The zero-order chi connectivity index (χ0) is 20.6. The van der Waals surface area contributed by atoms with Crippen molar-refractivity contribution in [3.8, 4) is 0 Å². The van der Waals surface area contributed by atoms with Gasteiger partial charge in [-0.2, -0.15) is 4.52 Å². The first-order chi connectivity index (χ1) is 13.8. The van der Waals surface area contributed by atoms with Gasteiger partial charge in [-0.05, 0) is 43.5 Å². The summed E-state index contributed by atoms with van der Waals surface area (Å²) in [5.41, 5.74) is 2.39. The maximum absolute atomic E-state index is 12.6. The Hall–Kier alpha value is -2.96. The number of anilines is 1. The SMILES string of the molecule is Cc1ccccc1C(=O)NC1CCN(c2ccc3nnc(C(C)(C)C)n3n2)CC1. The predicted octanol–water partition coefficient (Wildman–Crippen LogP) is 3.13. The Morgan fingerprint density at radius 3 is 2.48 bits per heavy atom. The first-order valence-electron chi connectivity index (χ1n) is 10.2. The fourth-order valence-corrected chi connectivity index (χ4v) is 3.76. The third-order valence-corrected chi connectivity index (χ3v) is 5.46. The molecule has 1 saturated heterocycles. The number of aromatic nitrogens is 4. The molecule has 0 saturated carbocycles. The van der Waals surface area contributed by atoms with Gasteiger partial charge in [-0.1, -0.05) is 39.0 Å². The number of hydrogen-bond donors (Lipinski definition) is 1. The second-order valence-corrected chi connectivity index (χ2v) is 8.78. The Labute approximate surface area is 171 Å². The lowest BCUT2D eigenvalue weighted by atomic mass is 9.96. The number of aryl methyl sites for hydroxylation is 1. The van der Waals surface area contributed by atoms with Crippen LogP contribution in [-0.2, 0) is 5.41 Å². The molecule has 0 aliphatic carbocycles. The molecule has 4 rings (SSSR count).